The second-order valence-electron chi connectivity index (χ2n) is 6.26. The molecule has 0 saturated carbocycles. The van der Waals surface area contributed by atoms with Crippen LogP contribution in [0.3, 0.4) is 0 Å². The van der Waals surface area contributed by atoms with E-state index in [0.29, 0.717) is 15.6 Å². The van der Waals surface area contributed by atoms with Crippen LogP contribution in [0.1, 0.15) is 15.9 Å². The average molecular weight is 453 g/mol. The molecular formula is C19H18BrFN2O3S. The van der Waals surface area contributed by atoms with Crippen LogP contribution in [-0.2, 0) is 10.3 Å². The maximum absolute atomic E-state index is 14.6. The van der Waals surface area contributed by atoms with E-state index in [-0.39, 0.29) is 30.8 Å². The summed E-state index contributed by atoms with van der Waals surface area (Å²) in [5.41, 5.74) is -0.334. The summed E-state index contributed by atoms with van der Waals surface area (Å²) in [6.45, 7) is 0.117. The number of nitrogens with one attached hydrogen (secondary N) is 2. The smallest absolute Gasteiger partial charge is 0.257 e. The summed E-state index contributed by atoms with van der Waals surface area (Å²) < 4.78 is 20.8. The SMILES string of the molecule is O=C(NC(=S)N[C@]1(c2cc(Br)ccc2F)COC[C@@H]1CO)c1ccccc1. The lowest BCUT2D eigenvalue weighted by Gasteiger charge is -2.36. The van der Waals surface area contributed by atoms with Crippen LogP contribution in [0.5, 0.6) is 0 Å². The van der Waals surface area contributed by atoms with E-state index >= 15 is 0 Å². The maximum Gasteiger partial charge on any atom is 0.257 e. The molecule has 1 heterocycles. The van der Waals surface area contributed by atoms with Crippen molar-refractivity contribution in [1.29, 1.82) is 0 Å². The molecule has 8 heteroatoms. The maximum atomic E-state index is 14.6. The number of hydrogen-bond donors (Lipinski definition) is 3. The Morgan fingerprint density at radius 1 is 1.33 bits per heavy atom. The van der Waals surface area contributed by atoms with Gasteiger partial charge in [0.1, 0.15) is 5.82 Å². The van der Waals surface area contributed by atoms with Gasteiger partial charge in [-0.15, -0.1) is 0 Å². The highest BCUT2D eigenvalue weighted by atomic mass is 79.9. The zero-order valence-corrected chi connectivity index (χ0v) is 16.6. The van der Waals surface area contributed by atoms with Gasteiger partial charge >= 0.3 is 0 Å². The van der Waals surface area contributed by atoms with E-state index < -0.39 is 17.3 Å². The van der Waals surface area contributed by atoms with Crippen LogP contribution in [0.25, 0.3) is 0 Å². The fraction of sp³-hybridized carbons (Fsp3) is 0.263. The van der Waals surface area contributed by atoms with Crippen LogP contribution < -0.4 is 10.6 Å². The summed E-state index contributed by atoms with van der Waals surface area (Å²) in [5.74, 6) is -1.27. The van der Waals surface area contributed by atoms with Crippen molar-refractivity contribution in [3.8, 4) is 0 Å². The molecule has 0 radical (unpaired) electrons. The van der Waals surface area contributed by atoms with E-state index in [4.69, 9.17) is 17.0 Å². The molecule has 0 aliphatic carbocycles. The molecule has 0 unspecified atom stereocenters. The number of carbonyl (C=O) groups is 1. The molecule has 0 spiro atoms. The fourth-order valence-electron chi connectivity index (χ4n) is 3.17. The van der Waals surface area contributed by atoms with Crippen molar-refractivity contribution in [3.05, 3.63) is 69.9 Å². The van der Waals surface area contributed by atoms with Crippen LogP contribution in [-0.4, -0.2) is 35.9 Å². The second kappa shape index (κ2) is 8.43. The number of ether oxygens (including phenoxy) is 1. The normalized spacial score (nSPS) is 21.7. The van der Waals surface area contributed by atoms with E-state index in [1.807, 2.05) is 0 Å². The standard InChI is InChI=1S/C19H18BrFN2O3S/c20-14-6-7-16(21)15(8-14)19(11-26-10-13(19)9-24)23-18(27)22-17(25)12-4-2-1-3-5-12/h1-8,13,24H,9-11H2,(H2,22,23,25,27)/t13-,19+/m0/s1. The van der Waals surface area contributed by atoms with Gasteiger partial charge in [0.05, 0.1) is 25.4 Å². The Morgan fingerprint density at radius 2 is 2.07 bits per heavy atom. The molecule has 2 atom stereocenters. The van der Waals surface area contributed by atoms with Gasteiger partial charge in [0.2, 0.25) is 0 Å². The fourth-order valence-corrected chi connectivity index (χ4v) is 3.81. The summed E-state index contributed by atoms with van der Waals surface area (Å²) in [4.78, 5) is 12.3. The van der Waals surface area contributed by atoms with Crippen LogP contribution in [0.15, 0.2) is 53.0 Å². The third-order valence-corrected chi connectivity index (χ3v) is 5.27. The number of carbonyl (C=O) groups excluding carboxylic acids is 1. The van der Waals surface area contributed by atoms with E-state index in [0.717, 1.165) is 0 Å². The molecule has 3 rings (SSSR count). The van der Waals surface area contributed by atoms with Gasteiger partial charge in [-0.1, -0.05) is 34.1 Å². The predicted molar refractivity (Wildman–Crippen MR) is 107 cm³/mol. The first-order valence-electron chi connectivity index (χ1n) is 8.29. The zero-order chi connectivity index (χ0) is 19.4. The summed E-state index contributed by atoms with van der Waals surface area (Å²) in [6.07, 6.45) is 0. The molecule has 1 fully saturated rings. The van der Waals surface area contributed by atoms with E-state index in [1.54, 1.807) is 42.5 Å². The summed E-state index contributed by atoms with van der Waals surface area (Å²) in [6, 6.07) is 13.2. The van der Waals surface area contributed by atoms with Gasteiger partial charge in [0, 0.05) is 21.5 Å². The third-order valence-electron chi connectivity index (χ3n) is 4.57. The van der Waals surface area contributed by atoms with Gasteiger partial charge < -0.3 is 15.2 Å². The monoisotopic (exact) mass is 452 g/mol. The van der Waals surface area contributed by atoms with Crippen molar-refractivity contribution in [2.75, 3.05) is 19.8 Å². The van der Waals surface area contributed by atoms with Crippen molar-refractivity contribution in [1.82, 2.24) is 10.6 Å². The number of halogens is 2. The number of amides is 1. The van der Waals surface area contributed by atoms with Crippen molar-refractivity contribution in [3.63, 3.8) is 0 Å². The minimum absolute atomic E-state index is 0.0344. The van der Waals surface area contributed by atoms with Crippen LogP contribution in [0.2, 0.25) is 0 Å². The molecule has 1 saturated heterocycles. The van der Waals surface area contributed by atoms with Gasteiger partial charge in [0.25, 0.3) is 5.91 Å². The highest BCUT2D eigenvalue weighted by Gasteiger charge is 2.47. The second-order valence-corrected chi connectivity index (χ2v) is 7.59. The van der Waals surface area contributed by atoms with Gasteiger partial charge in [0.15, 0.2) is 5.11 Å². The Balaban J connectivity index is 1.87. The third kappa shape index (κ3) is 4.19. The molecule has 27 heavy (non-hydrogen) atoms. The number of benzene rings is 2. The molecule has 1 amide bonds. The van der Waals surface area contributed by atoms with Crippen LogP contribution >= 0.6 is 28.1 Å². The van der Waals surface area contributed by atoms with Crippen molar-refractivity contribution < 1.29 is 19.0 Å². The van der Waals surface area contributed by atoms with Crippen molar-refractivity contribution in [2.24, 2.45) is 5.92 Å². The van der Waals surface area contributed by atoms with Crippen LogP contribution in [0, 0.1) is 11.7 Å². The van der Waals surface area contributed by atoms with E-state index in [9.17, 15) is 14.3 Å². The molecule has 5 nitrogen and oxygen atoms in total. The highest BCUT2D eigenvalue weighted by molar-refractivity contribution is 9.10. The topological polar surface area (TPSA) is 70.6 Å². The van der Waals surface area contributed by atoms with Gasteiger partial charge in [-0.25, -0.2) is 4.39 Å². The Kier molecular flexibility index (Phi) is 6.21. The lowest BCUT2D eigenvalue weighted by molar-refractivity contribution is 0.0974. The summed E-state index contributed by atoms with van der Waals surface area (Å²) >= 11 is 8.65. The quantitative estimate of drug-likeness (QED) is 0.622. The Hall–Kier alpha value is -1.87. The van der Waals surface area contributed by atoms with Crippen molar-refractivity contribution in [2.45, 2.75) is 5.54 Å². The molecule has 3 N–H and O–H groups in total. The molecule has 1 aliphatic heterocycles. The molecule has 0 aromatic heterocycles. The van der Waals surface area contributed by atoms with Crippen LogP contribution in [0.4, 0.5) is 4.39 Å². The number of thiocarbonyl (C=S) groups is 1. The highest BCUT2D eigenvalue weighted by Crippen LogP contribution is 2.38. The lowest BCUT2D eigenvalue weighted by Crippen LogP contribution is -2.56. The summed E-state index contributed by atoms with van der Waals surface area (Å²) in [7, 11) is 0. The molecule has 142 valence electrons. The van der Waals surface area contributed by atoms with Gasteiger partial charge in [-0.05, 0) is 42.5 Å². The van der Waals surface area contributed by atoms with Gasteiger partial charge in [-0.3, -0.25) is 10.1 Å². The first-order valence-corrected chi connectivity index (χ1v) is 9.49. The number of aliphatic hydroxyl groups excluding tert-OH is 1. The Morgan fingerprint density at radius 3 is 2.78 bits per heavy atom. The first-order chi connectivity index (χ1) is 13.0. The minimum Gasteiger partial charge on any atom is -0.396 e. The molecule has 2 aromatic carbocycles. The first kappa shape index (κ1) is 19.9. The van der Waals surface area contributed by atoms with E-state index in [2.05, 4.69) is 26.6 Å². The predicted octanol–water partition coefficient (Wildman–Crippen LogP) is 2.73. The zero-order valence-electron chi connectivity index (χ0n) is 14.2. The number of rotatable bonds is 4. The average Bonchev–Trinajstić information content (AvgIpc) is 3.07. The Labute approximate surface area is 170 Å². The molecule has 1 aliphatic rings. The van der Waals surface area contributed by atoms with Gasteiger partial charge in [-0.2, -0.15) is 0 Å². The van der Waals surface area contributed by atoms with Crippen molar-refractivity contribution >= 4 is 39.2 Å². The van der Waals surface area contributed by atoms with E-state index in [1.165, 1.54) is 6.07 Å². The molecule has 2 aromatic rings. The largest absolute Gasteiger partial charge is 0.396 e. The minimum atomic E-state index is -1.09. The molecular weight excluding hydrogens is 435 g/mol. The lowest BCUT2D eigenvalue weighted by atomic mass is 9.80. The number of aliphatic hydroxyl groups is 1. The summed E-state index contributed by atoms with van der Waals surface area (Å²) in [5, 5.41) is 15.5. The molecule has 0 bridgehead atoms. The number of hydrogen-bond acceptors (Lipinski definition) is 4. The Bertz CT molecular complexity index is 852.